The van der Waals surface area contributed by atoms with E-state index < -0.39 is 0 Å². The fraction of sp³-hybridized carbons (Fsp3) is 0.0208. The number of para-hydroxylation sites is 2. The van der Waals surface area contributed by atoms with E-state index in [-0.39, 0.29) is 0 Å². The number of nitrogens with zero attached hydrogens (tertiary/aromatic N) is 3. The summed E-state index contributed by atoms with van der Waals surface area (Å²) in [5.74, 6) is 1.03. The molecule has 0 atom stereocenters. The minimum atomic E-state index is 0.448. The van der Waals surface area contributed by atoms with Gasteiger partial charge >= 0.3 is 0 Å². The van der Waals surface area contributed by atoms with E-state index in [1.165, 1.54) is 10.8 Å². The van der Waals surface area contributed by atoms with Crippen molar-refractivity contribution in [3.63, 3.8) is 0 Å². The lowest BCUT2D eigenvalue weighted by atomic mass is 9.97. The number of aliphatic imine (C=N–C) groups is 3. The van der Waals surface area contributed by atoms with Crippen molar-refractivity contribution in [1.82, 2.24) is 0 Å². The molecule has 0 aliphatic carbocycles. The molecule has 5 nitrogen and oxygen atoms in total. The summed E-state index contributed by atoms with van der Waals surface area (Å²) >= 11 is 0. The molecule has 10 aromatic rings. The van der Waals surface area contributed by atoms with Crippen LogP contribution in [0, 0.1) is 0 Å². The van der Waals surface area contributed by atoms with Crippen molar-refractivity contribution in [3.8, 4) is 11.1 Å². The number of benzene rings is 8. The third-order valence-corrected chi connectivity index (χ3v) is 10.0. The summed E-state index contributed by atoms with van der Waals surface area (Å²) in [6, 6.07) is 56.2. The van der Waals surface area contributed by atoms with Gasteiger partial charge in [-0.25, -0.2) is 9.98 Å². The Morgan fingerprint density at radius 1 is 0.472 bits per heavy atom. The first-order valence-electron chi connectivity index (χ1n) is 17.6. The lowest BCUT2D eigenvalue weighted by Crippen LogP contribution is -2.06. The number of fused-ring (bicyclic) bond motifs is 8. The molecule has 10 rings (SSSR count). The van der Waals surface area contributed by atoms with Crippen molar-refractivity contribution in [1.29, 1.82) is 0 Å². The number of rotatable bonds is 5. The van der Waals surface area contributed by atoms with Crippen LogP contribution in [0.2, 0.25) is 0 Å². The van der Waals surface area contributed by atoms with Crippen molar-refractivity contribution in [2.24, 2.45) is 15.0 Å². The average molecular weight is 682 g/mol. The van der Waals surface area contributed by atoms with E-state index in [0.29, 0.717) is 18.2 Å². The minimum Gasteiger partial charge on any atom is -0.456 e. The van der Waals surface area contributed by atoms with Gasteiger partial charge in [0, 0.05) is 32.7 Å². The van der Waals surface area contributed by atoms with Gasteiger partial charge in [-0.1, -0.05) is 115 Å². The van der Waals surface area contributed by atoms with Gasteiger partial charge in [0.05, 0.1) is 6.54 Å². The summed E-state index contributed by atoms with van der Waals surface area (Å²) < 4.78 is 12.7. The van der Waals surface area contributed by atoms with Crippen LogP contribution in [0.4, 0.5) is 0 Å². The monoisotopic (exact) mass is 681 g/mol. The van der Waals surface area contributed by atoms with Crippen LogP contribution in [0.15, 0.2) is 188 Å². The number of hydrogen-bond acceptors (Lipinski definition) is 3. The van der Waals surface area contributed by atoms with Crippen LogP contribution >= 0.6 is 0 Å². The molecule has 0 bridgehead atoms. The standard InChI is InChI=1S/C48H31N3O2/c1-49-48(51-47(36-21-20-32-11-3-5-13-34(32)25-36)50-29-30-18-19-31-10-2-4-12-33(31)24-30)41-27-37(28-45-46(41)39-15-7-9-17-43(39)53-45)35-22-23-44-40(26-35)38-14-6-8-16-42(38)52-44/h2-28H,1,29H2. The van der Waals surface area contributed by atoms with Crippen LogP contribution in [0.3, 0.4) is 0 Å². The molecule has 0 saturated heterocycles. The van der Waals surface area contributed by atoms with Gasteiger partial charge in [0.2, 0.25) is 0 Å². The second-order valence-corrected chi connectivity index (χ2v) is 13.3. The van der Waals surface area contributed by atoms with Crippen molar-refractivity contribution in [2.75, 3.05) is 0 Å². The molecule has 8 aromatic carbocycles. The molecule has 2 heterocycles. The van der Waals surface area contributed by atoms with Crippen LogP contribution in [0.25, 0.3) is 76.5 Å². The smallest absolute Gasteiger partial charge is 0.161 e. The third-order valence-electron chi connectivity index (χ3n) is 10.0. The van der Waals surface area contributed by atoms with Gasteiger partial charge in [-0.2, -0.15) is 0 Å². The Morgan fingerprint density at radius 2 is 1.11 bits per heavy atom. The van der Waals surface area contributed by atoms with Gasteiger partial charge in [0.15, 0.2) is 11.7 Å². The lowest BCUT2D eigenvalue weighted by molar-refractivity contribution is 0.669. The summed E-state index contributed by atoms with van der Waals surface area (Å²) in [6.45, 7) is 4.50. The van der Waals surface area contributed by atoms with E-state index in [1.54, 1.807) is 0 Å². The summed E-state index contributed by atoms with van der Waals surface area (Å²) in [7, 11) is 0. The zero-order valence-electron chi connectivity index (χ0n) is 28.7. The van der Waals surface area contributed by atoms with Gasteiger partial charge in [-0.3, -0.25) is 4.99 Å². The highest BCUT2D eigenvalue weighted by Crippen LogP contribution is 2.38. The molecule has 0 N–H and O–H groups in total. The topological polar surface area (TPSA) is 63.4 Å². The molecular formula is C48H31N3O2. The quantitative estimate of drug-likeness (QED) is 0.134. The fourth-order valence-corrected chi connectivity index (χ4v) is 7.41. The maximum atomic E-state index is 6.51. The van der Waals surface area contributed by atoms with E-state index in [2.05, 4.69) is 127 Å². The molecule has 250 valence electrons. The van der Waals surface area contributed by atoms with E-state index in [4.69, 9.17) is 18.8 Å². The Hall–Kier alpha value is -7.11. The van der Waals surface area contributed by atoms with E-state index in [9.17, 15) is 0 Å². The molecular weight excluding hydrogens is 651 g/mol. The maximum Gasteiger partial charge on any atom is 0.161 e. The Bertz CT molecular complexity index is 3130. The molecule has 0 radical (unpaired) electrons. The molecule has 0 spiro atoms. The van der Waals surface area contributed by atoms with Crippen molar-refractivity contribution in [2.45, 2.75) is 6.54 Å². The van der Waals surface area contributed by atoms with Crippen LogP contribution in [-0.2, 0) is 6.54 Å². The van der Waals surface area contributed by atoms with E-state index in [1.807, 2.05) is 48.5 Å². The normalized spacial score (nSPS) is 12.5. The number of furan rings is 2. The van der Waals surface area contributed by atoms with Crippen molar-refractivity contribution >= 4 is 83.8 Å². The fourth-order valence-electron chi connectivity index (χ4n) is 7.41. The Morgan fingerprint density at radius 3 is 1.91 bits per heavy atom. The molecule has 53 heavy (non-hydrogen) atoms. The van der Waals surface area contributed by atoms with Gasteiger partial charge in [-0.05, 0) is 93.5 Å². The van der Waals surface area contributed by atoms with Crippen LogP contribution in [-0.4, -0.2) is 18.4 Å². The molecule has 0 unspecified atom stereocenters. The minimum absolute atomic E-state index is 0.448. The average Bonchev–Trinajstić information content (AvgIpc) is 3.78. The SMILES string of the molecule is C=NC(=NC(=NCc1ccc2ccccc2c1)c1ccc2ccccc2c1)c1cc(-c2ccc3oc4ccccc4c3c2)cc2oc3ccccc3c12. The number of hydrogen-bond donors (Lipinski definition) is 0. The zero-order chi connectivity index (χ0) is 35.3. The predicted octanol–water partition coefficient (Wildman–Crippen LogP) is 12.6. The van der Waals surface area contributed by atoms with Gasteiger partial charge in [-0.15, -0.1) is 0 Å². The highest BCUT2D eigenvalue weighted by Gasteiger charge is 2.19. The highest BCUT2D eigenvalue weighted by molar-refractivity contribution is 6.23. The Kier molecular flexibility index (Phi) is 7.29. The molecule has 5 heteroatoms. The van der Waals surface area contributed by atoms with Gasteiger partial charge in [0.25, 0.3) is 0 Å². The molecule has 0 saturated carbocycles. The van der Waals surface area contributed by atoms with E-state index in [0.717, 1.165) is 82.5 Å². The largest absolute Gasteiger partial charge is 0.456 e. The second-order valence-electron chi connectivity index (χ2n) is 13.3. The summed E-state index contributed by atoms with van der Waals surface area (Å²) in [6.07, 6.45) is 0. The predicted molar refractivity (Wildman–Crippen MR) is 221 cm³/mol. The number of amidine groups is 2. The van der Waals surface area contributed by atoms with Crippen LogP contribution in [0.5, 0.6) is 0 Å². The lowest BCUT2D eigenvalue weighted by Gasteiger charge is -2.10. The maximum absolute atomic E-state index is 6.51. The molecule has 2 aromatic heterocycles. The first-order chi connectivity index (χ1) is 26.2. The third kappa shape index (κ3) is 5.47. The first kappa shape index (κ1) is 30.7. The van der Waals surface area contributed by atoms with Gasteiger partial charge in [0.1, 0.15) is 22.3 Å². The summed E-state index contributed by atoms with van der Waals surface area (Å²) in [5.41, 5.74) is 8.04. The molecule has 0 amide bonds. The molecule has 0 aliphatic rings. The van der Waals surface area contributed by atoms with E-state index >= 15 is 0 Å². The summed E-state index contributed by atoms with van der Waals surface area (Å²) in [5, 5.41) is 8.68. The highest BCUT2D eigenvalue weighted by atomic mass is 16.3. The second kappa shape index (κ2) is 12.6. The Balaban J connectivity index is 1.17. The first-order valence-corrected chi connectivity index (χ1v) is 17.6. The Labute approximate surface area is 304 Å². The van der Waals surface area contributed by atoms with Crippen LogP contribution in [0.1, 0.15) is 16.7 Å². The van der Waals surface area contributed by atoms with Crippen LogP contribution < -0.4 is 0 Å². The van der Waals surface area contributed by atoms with Crippen molar-refractivity contribution in [3.05, 3.63) is 180 Å². The molecule has 0 fully saturated rings. The zero-order valence-corrected chi connectivity index (χ0v) is 28.7. The summed E-state index contributed by atoms with van der Waals surface area (Å²) in [4.78, 5) is 15.0. The molecule has 0 aliphatic heterocycles. The van der Waals surface area contributed by atoms with Gasteiger partial charge < -0.3 is 8.83 Å². The van der Waals surface area contributed by atoms with Crippen molar-refractivity contribution < 1.29 is 8.83 Å².